The number of nitrogens with zero attached hydrogens (tertiary/aromatic N) is 2. The molecule has 0 aliphatic carbocycles. The van der Waals surface area contributed by atoms with Crippen molar-refractivity contribution in [2.75, 3.05) is 32.1 Å². The summed E-state index contributed by atoms with van der Waals surface area (Å²) in [5.41, 5.74) is 0.196. The second-order valence-corrected chi connectivity index (χ2v) is 12.3. The molecule has 0 saturated carbocycles. The quantitative estimate of drug-likeness (QED) is 0.595. The number of sulfonamides is 2. The fourth-order valence-corrected chi connectivity index (χ4v) is 7.92. The number of methoxy groups -OCH3 is 1. The van der Waals surface area contributed by atoms with Crippen LogP contribution in [0, 0.1) is 5.82 Å². The van der Waals surface area contributed by atoms with Crippen LogP contribution in [0.1, 0.15) is 32.1 Å². The summed E-state index contributed by atoms with van der Waals surface area (Å²) in [5, 5.41) is 2.64. The molecule has 2 aliphatic rings. The van der Waals surface area contributed by atoms with Crippen LogP contribution in [-0.2, 0) is 24.8 Å². The van der Waals surface area contributed by atoms with E-state index in [2.05, 4.69) is 5.32 Å². The lowest BCUT2D eigenvalue weighted by atomic mass is 10.2. The van der Waals surface area contributed by atoms with E-state index in [1.54, 1.807) is 0 Å². The van der Waals surface area contributed by atoms with E-state index in [1.807, 2.05) is 0 Å². The van der Waals surface area contributed by atoms with Crippen LogP contribution < -0.4 is 10.1 Å². The molecule has 9 nitrogen and oxygen atoms in total. The first-order valence-corrected chi connectivity index (χ1v) is 14.3. The number of amides is 1. The average Bonchev–Trinajstić information content (AvgIpc) is 3.36. The highest BCUT2D eigenvalue weighted by Gasteiger charge is 2.40. The van der Waals surface area contributed by atoms with Crippen molar-refractivity contribution in [2.24, 2.45) is 0 Å². The maximum Gasteiger partial charge on any atom is 0.246 e. The summed E-state index contributed by atoms with van der Waals surface area (Å²) in [6, 6.07) is 8.25. The second-order valence-electron chi connectivity index (χ2n) is 8.52. The number of carbonyl (C=O) groups excluding carboxylic acids is 1. The largest absolute Gasteiger partial charge is 0.495 e. The molecule has 2 aromatic carbocycles. The van der Waals surface area contributed by atoms with Gasteiger partial charge in [0.15, 0.2) is 0 Å². The van der Waals surface area contributed by atoms with Gasteiger partial charge in [-0.2, -0.15) is 8.61 Å². The van der Waals surface area contributed by atoms with Crippen LogP contribution in [0.2, 0.25) is 0 Å². The van der Waals surface area contributed by atoms with Gasteiger partial charge in [0, 0.05) is 25.3 Å². The number of piperidine rings is 1. The summed E-state index contributed by atoms with van der Waals surface area (Å²) in [5.74, 6) is -1.35. The van der Waals surface area contributed by atoms with Crippen LogP contribution in [0.5, 0.6) is 5.75 Å². The Morgan fingerprint density at radius 2 is 1.66 bits per heavy atom. The predicted molar refractivity (Wildman–Crippen MR) is 128 cm³/mol. The maximum absolute atomic E-state index is 14.2. The van der Waals surface area contributed by atoms with Crippen molar-refractivity contribution in [3.63, 3.8) is 0 Å². The molecule has 1 unspecified atom stereocenters. The Hall–Kier alpha value is -2.54. The Morgan fingerprint density at radius 3 is 2.34 bits per heavy atom. The van der Waals surface area contributed by atoms with Gasteiger partial charge in [-0.05, 0) is 56.0 Å². The Balaban J connectivity index is 1.59. The van der Waals surface area contributed by atoms with Gasteiger partial charge in [-0.15, -0.1) is 0 Å². The lowest BCUT2D eigenvalue weighted by molar-refractivity contribution is -0.119. The molecule has 2 aromatic rings. The first-order chi connectivity index (χ1) is 16.7. The fourth-order valence-electron chi connectivity index (χ4n) is 4.50. The first-order valence-electron chi connectivity index (χ1n) is 11.4. The summed E-state index contributed by atoms with van der Waals surface area (Å²) in [6.45, 7) is 0.895. The lowest BCUT2D eigenvalue weighted by Gasteiger charge is -2.27. The Morgan fingerprint density at radius 1 is 0.943 bits per heavy atom. The van der Waals surface area contributed by atoms with Gasteiger partial charge in [-0.3, -0.25) is 4.79 Å². The summed E-state index contributed by atoms with van der Waals surface area (Å²) in [6.07, 6.45) is 3.20. The minimum atomic E-state index is -4.24. The van der Waals surface area contributed by atoms with Gasteiger partial charge in [-0.1, -0.05) is 18.6 Å². The highest BCUT2D eigenvalue weighted by atomic mass is 32.2. The van der Waals surface area contributed by atoms with Crippen LogP contribution in [0.25, 0.3) is 0 Å². The Kier molecular flexibility index (Phi) is 7.46. The molecule has 4 rings (SSSR count). The molecule has 0 spiro atoms. The fraction of sp³-hybridized carbons (Fsp3) is 0.435. The number of rotatable bonds is 7. The Labute approximate surface area is 205 Å². The van der Waals surface area contributed by atoms with Crippen LogP contribution in [0.3, 0.4) is 0 Å². The van der Waals surface area contributed by atoms with E-state index >= 15 is 0 Å². The molecule has 2 saturated heterocycles. The molecular formula is C23H28FN3O6S2. The monoisotopic (exact) mass is 525 g/mol. The number of halogens is 1. The second kappa shape index (κ2) is 10.2. The topological polar surface area (TPSA) is 113 Å². The van der Waals surface area contributed by atoms with Crippen molar-refractivity contribution < 1.29 is 30.8 Å². The molecule has 2 fully saturated rings. The SMILES string of the molecule is COc1ccc(NC(=O)C2CCCN2S(=O)(=O)c2ccccc2F)cc1S(=O)(=O)N1CCCCC1. The Bertz CT molecular complexity index is 1310. The smallest absolute Gasteiger partial charge is 0.246 e. The average molecular weight is 526 g/mol. The zero-order valence-electron chi connectivity index (χ0n) is 19.3. The molecule has 0 radical (unpaired) electrons. The van der Waals surface area contributed by atoms with E-state index in [0.717, 1.165) is 29.6 Å². The highest BCUT2D eigenvalue weighted by Crippen LogP contribution is 2.32. The van der Waals surface area contributed by atoms with Gasteiger partial charge in [-0.25, -0.2) is 21.2 Å². The van der Waals surface area contributed by atoms with Crippen LogP contribution in [0.15, 0.2) is 52.3 Å². The number of nitrogens with one attached hydrogen (secondary N) is 1. The number of benzene rings is 2. The van der Waals surface area contributed by atoms with Gasteiger partial charge in [0.25, 0.3) is 0 Å². The molecule has 35 heavy (non-hydrogen) atoms. The number of anilines is 1. The van der Waals surface area contributed by atoms with Crippen molar-refractivity contribution in [3.05, 3.63) is 48.3 Å². The van der Waals surface area contributed by atoms with Gasteiger partial charge in [0.1, 0.15) is 27.4 Å². The van der Waals surface area contributed by atoms with E-state index in [0.29, 0.717) is 19.5 Å². The van der Waals surface area contributed by atoms with E-state index in [4.69, 9.17) is 4.74 Å². The molecular weight excluding hydrogens is 497 g/mol. The third-order valence-electron chi connectivity index (χ3n) is 6.29. The van der Waals surface area contributed by atoms with E-state index in [9.17, 15) is 26.0 Å². The maximum atomic E-state index is 14.2. The van der Waals surface area contributed by atoms with Gasteiger partial charge >= 0.3 is 0 Å². The summed E-state index contributed by atoms with van der Waals surface area (Å²) in [7, 11) is -6.72. The zero-order chi connectivity index (χ0) is 25.2. The molecule has 1 atom stereocenters. The van der Waals surface area contributed by atoms with Gasteiger partial charge in [0.05, 0.1) is 7.11 Å². The zero-order valence-corrected chi connectivity index (χ0v) is 20.9. The van der Waals surface area contributed by atoms with Crippen LogP contribution in [0.4, 0.5) is 10.1 Å². The van der Waals surface area contributed by atoms with Crippen molar-refractivity contribution in [1.29, 1.82) is 0 Å². The number of carbonyl (C=O) groups is 1. The minimum Gasteiger partial charge on any atom is -0.495 e. The van der Waals surface area contributed by atoms with Crippen molar-refractivity contribution in [1.82, 2.24) is 8.61 Å². The highest BCUT2D eigenvalue weighted by molar-refractivity contribution is 7.89. The predicted octanol–water partition coefficient (Wildman–Crippen LogP) is 2.80. The molecule has 190 valence electrons. The van der Waals surface area contributed by atoms with Crippen LogP contribution >= 0.6 is 0 Å². The van der Waals surface area contributed by atoms with Crippen molar-refractivity contribution in [3.8, 4) is 5.75 Å². The molecule has 0 bridgehead atoms. The molecule has 1 amide bonds. The minimum absolute atomic E-state index is 0.0676. The van der Waals surface area contributed by atoms with Crippen molar-refractivity contribution >= 4 is 31.6 Å². The third-order valence-corrected chi connectivity index (χ3v) is 10.2. The van der Waals surface area contributed by atoms with E-state index in [-0.39, 0.29) is 29.3 Å². The van der Waals surface area contributed by atoms with E-state index in [1.165, 1.54) is 47.8 Å². The first kappa shape index (κ1) is 25.5. The van der Waals surface area contributed by atoms with Crippen molar-refractivity contribution in [2.45, 2.75) is 47.9 Å². The molecule has 1 N–H and O–H groups in total. The molecule has 2 aliphatic heterocycles. The summed E-state index contributed by atoms with van der Waals surface area (Å²) in [4.78, 5) is 12.5. The van der Waals surface area contributed by atoms with Gasteiger partial charge in [0.2, 0.25) is 26.0 Å². The number of hydrogen-bond acceptors (Lipinski definition) is 6. The summed E-state index contributed by atoms with van der Waals surface area (Å²) >= 11 is 0. The summed E-state index contributed by atoms with van der Waals surface area (Å²) < 4.78 is 74.5. The number of ether oxygens (including phenoxy) is 1. The van der Waals surface area contributed by atoms with Gasteiger partial charge < -0.3 is 10.1 Å². The molecule has 12 heteroatoms. The molecule has 0 aromatic heterocycles. The third kappa shape index (κ3) is 5.06. The normalized spacial score (nSPS) is 20.0. The standard InChI is InChI=1S/C23H28FN3O6S2/c1-33-20-12-11-17(16-22(20)34(29,30)26-13-5-2-6-14-26)25-23(28)19-9-7-15-27(19)35(31,32)21-10-4-3-8-18(21)24/h3-4,8,10-12,16,19H,2,5-7,9,13-15H2,1H3,(H,25,28). The molecule has 2 heterocycles. The van der Waals surface area contributed by atoms with E-state index < -0.39 is 42.7 Å². The van der Waals surface area contributed by atoms with Crippen LogP contribution in [-0.4, -0.2) is 64.1 Å². The lowest BCUT2D eigenvalue weighted by Crippen LogP contribution is -2.43. The number of hydrogen-bond donors (Lipinski definition) is 1.